The van der Waals surface area contributed by atoms with E-state index in [0.717, 1.165) is 6.54 Å². The van der Waals surface area contributed by atoms with Crippen LogP contribution in [0.15, 0.2) is 12.4 Å². The molecular formula is C10H17N3O. The smallest absolute Gasteiger partial charge is 0.185 e. The molecule has 14 heavy (non-hydrogen) atoms. The summed E-state index contributed by atoms with van der Waals surface area (Å²) in [6.45, 7) is 6.50. The van der Waals surface area contributed by atoms with Crippen molar-refractivity contribution < 1.29 is 4.79 Å². The number of aromatic nitrogens is 2. The second kappa shape index (κ2) is 3.92. The van der Waals surface area contributed by atoms with E-state index < -0.39 is 5.54 Å². The van der Waals surface area contributed by atoms with E-state index in [4.69, 9.17) is 0 Å². The first kappa shape index (κ1) is 10.9. The number of likely N-dealkylation sites (N-methyl/N-ethyl adjacent to an activating group) is 1. The Morgan fingerprint density at radius 3 is 2.71 bits per heavy atom. The molecule has 1 rings (SSSR count). The third-order valence-electron chi connectivity index (χ3n) is 2.41. The summed E-state index contributed by atoms with van der Waals surface area (Å²) >= 11 is 0. The first-order chi connectivity index (χ1) is 6.51. The van der Waals surface area contributed by atoms with Crippen LogP contribution >= 0.6 is 0 Å². The Kier molecular flexibility index (Phi) is 3.06. The van der Waals surface area contributed by atoms with E-state index in [-0.39, 0.29) is 5.78 Å². The fourth-order valence-electron chi connectivity index (χ4n) is 1.13. The number of Topliss-reactive ketones (excluding diaryl/α,β-unsaturated/α-hetero) is 1. The van der Waals surface area contributed by atoms with Crippen molar-refractivity contribution in [2.45, 2.75) is 32.9 Å². The van der Waals surface area contributed by atoms with Crippen LogP contribution in [0.2, 0.25) is 0 Å². The van der Waals surface area contributed by atoms with Gasteiger partial charge in [-0.1, -0.05) is 0 Å². The fourth-order valence-corrected chi connectivity index (χ4v) is 1.13. The molecule has 0 saturated heterocycles. The number of carbonyl (C=O) groups is 1. The number of aryl methyl sites for hydroxylation is 1. The van der Waals surface area contributed by atoms with Crippen LogP contribution in [0, 0.1) is 0 Å². The summed E-state index contributed by atoms with van der Waals surface area (Å²) in [6, 6.07) is 0. The van der Waals surface area contributed by atoms with E-state index in [9.17, 15) is 4.79 Å². The van der Waals surface area contributed by atoms with Crippen molar-refractivity contribution in [3.63, 3.8) is 0 Å². The van der Waals surface area contributed by atoms with Gasteiger partial charge in [0.05, 0.1) is 17.3 Å². The zero-order valence-corrected chi connectivity index (χ0v) is 9.16. The minimum Gasteiger partial charge on any atom is -0.308 e. The SMILES string of the molecule is CCn1cc(C(=O)C(C)(C)NC)cn1. The summed E-state index contributed by atoms with van der Waals surface area (Å²) in [7, 11) is 1.78. The number of nitrogens with one attached hydrogen (secondary N) is 1. The highest BCUT2D eigenvalue weighted by atomic mass is 16.1. The predicted molar refractivity (Wildman–Crippen MR) is 55.4 cm³/mol. The molecule has 0 atom stereocenters. The lowest BCUT2D eigenvalue weighted by Gasteiger charge is -2.21. The average molecular weight is 195 g/mol. The molecule has 1 aromatic heterocycles. The summed E-state index contributed by atoms with van der Waals surface area (Å²) in [5, 5.41) is 7.05. The molecule has 0 amide bonds. The topological polar surface area (TPSA) is 46.9 Å². The van der Waals surface area contributed by atoms with Gasteiger partial charge in [0.2, 0.25) is 0 Å². The lowest BCUT2D eigenvalue weighted by Crippen LogP contribution is -2.44. The standard InChI is InChI=1S/C10H17N3O/c1-5-13-7-8(6-12-13)9(14)10(2,3)11-4/h6-7,11H,5H2,1-4H3. The van der Waals surface area contributed by atoms with Gasteiger partial charge in [-0.25, -0.2) is 0 Å². The van der Waals surface area contributed by atoms with Gasteiger partial charge in [0.1, 0.15) is 0 Å². The van der Waals surface area contributed by atoms with Gasteiger partial charge in [-0.15, -0.1) is 0 Å². The summed E-state index contributed by atoms with van der Waals surface area (Å²) < 4.78 is 1.75. The van der Waals surface area contributed by atoms with Crippen molar-refractivity contribution in [2.75, 3.05) is 7.05 Å². The van der Waals surface area contributed by atoms with Crippen LogP contribution < -0.4 is 5.32 Å². The zero-order valence-electron chi connectivity index (χ0n) is 9.16. The molecule has 0 aliphatic carbocycles. The Morgan fingerprint density at radius 1 is 1.64 bits per heavy atom. The second-order valence-electron chi connectivity index (χ2n) is 3.79. The maximum atomic E-state index is 11.9. The van der Waals surface area contributed by atoms with Crippen molar-refractivity contribution in [3.8, 4) is 0 Å². The molecule has 0 aliphatic heterocycles. The van der Waals surface area contributed by atoms with E-state index in [1.807, 2.05) is 20.8 Å². The zero-order chi connectivity index (χ0) is 10.8. The van der Waals surface area contributed by atoms with Gasteiger partial charge in [-0.05, 0) is 27.8 Å². The Labute approximate surface area is 84.3 Å². The highest BCUT2D eigenvalue weighted by Crippen LogP contribution is 2.11. The summed E-state index contributed by atoms with van der Waals surface area (Å²) in [5.41, 5.74) is 0.132. The Bertz CT molecular complexity index is 328. The maximum absolute atomic E-state index is 11.9. The molecular weight excluding hydrogens is 178 g/mol. The van der Waals surface area contributed by atoms with Gasteiger partial charge < -0.3 is 5.32 Å². The largest absolute Gasteiger partial charge is 0.308 e. The third kappa shape index (κ3) is 2.01. The van der Waals surface area contributed by atoms with Gasteiger partial charge in [0.15, 0.2) is 5.78 Å². The highest BCUT2D eigenvalue weighted by molar-refractivity contribution is 6.02. The Morgan fingerprint density at radius 2 is 2.29 bits per heavy atom. The molecule has 0 aromatic carbocycles. The number of rotatable bonds is 4. The number of nitrogens with zero attached hydrogens (tertiary/aromatic N) is 2. The molecule has 1 N–H and O–H groups in total. The van der Waals surface area contributed by atoms with E-state index in [1.54, 1.807) is 24.1 Å². The maximum Gasteiger partial charge on any atom is 0.185 e. The number of ketones is 1. The molecule has 0 saturated carbocycles. The lowest BCUT2D eigenvalue weighted by atomic mass is 9.95. The summed E-state index contributed by atoms with van der Waals surface area (Å²) in [6.07, 6.45) is 3.40. The number of carbonyl (C=O) groups excluding carboxylic acids is 1. The Balaban J connectivity index is 2.89. The molecule has 0 bridgehead atoms. The molecule has 1 aromatic rings. The second-order valence-corrected chi connectivity index (χ2v) is 3.79. The predicted octanol–water partition coefficient (Wildman–Crippen LogP) is 1.08. The van der Waals surface area contributed by atoms with Crippen molar-refractivity contribution in [1.82, 2.24) is 15.1 Å². The number of hydrogen-bond acceptors (Lipinski definition) is 3. The van der Waals surface area contributed by atoms with E-state index in [2.05, 4.69) is 10.4 Å². The van der Waals surface area contributed by atoms with Crippen LogP contribution in [-0.4, -0.2) is 28.2 Å². The monoisotopic (exact) mass is 195 g/mol. The molecule has 1 heterocycles. The molecule has 4 heteroatoms. The summed E-state index contributed by atoms with van der Waals surface area (Å²) in [4.78, 5) is 11.9. The fraction of sp³-hybridized carbons (Fsp3) is 0.600. The molecule has 0 unspecified atom stereocenters. The van der Waals surface area contributed by atoms with Crippen LogP contribution in [0.4, 0.5) is 0 Å². The van der Waals surface area contributed by atoms with Gasteiger partial charge in [-0.3, -0.25) is 9.48 Å². The molecule has 4 nitrogen and oxygen atoms in total. The average Bonchev–Trinajstić information content (AvgIpc) is 2.64. The quantitative estimate of drug-likeness (QED) is 0.731. The van der Waals surface area contributed by atoms with Crippen LogP contribution in [-0.2, 0) is 6.54 Å². The van der Waals surface area contributed by atoms with Crippen LogP contribution in [0.1, 0.15) is 31.1 Å². The van der Waals surface area contributed by atoms with E-state index in [1.165, 1.54) is 0 Å². The first-order valence-electron chi connectivity index (χ1n) is 4.77. The van der Waals surface area contributed by atoms with Crippen LogP contribution in [0.5, 0.6) is 0 Å². The summed E-state index contributed by atoms with van der Waals surface area (Å²) in [5.74, 6) is 0.0692. The van der Waals surface area contributed by atoms with Gasteiger partial charge in [-0.2, -0.15) is 5.10 Å². The van der Waals surface area contributed by atoms with E-state index >= 15 is 0 Å². The third-order valence-corrected chi connectivity index (χ3v) is 2.41. The number of hydrogen-bond donors (Lipinski definition) is 1. The van der Waals surface area contributed by atoms with E-state index in [0.29, 0.717) is 5.56 Å². The van der Waals surface area contributed by atoms with Gasteiger partial charge in [0, 0.05) is 12.7 Å². The van der Waals surface area contributed by atoms with Gasteiger partial charge >= 0.3 is 0 Å². The molecule has 0 radical (unpaired) electrons. The first-order valence-corrected chi connectivity index (χ1v) is 4.77. The van der Waals surface area contributed by atoms with Crippen molar-refractivity contribution in [3.05, 3.63) is 18.0 Å². The normalized spacial score (nSPS) is 11.7. The lowest BCUT2D eigenvalue weighted by molar-refractivity contribution is 0.0889. The van der Waals surface area contributed by atoms with Crippen LogP contribution in [0.25, 0.3) is 0 Å². The van der Waals surface area contributed by atoms with Crippen molar-refractivity contribution >= 4 is 5.78 Å². The molecule has 0 spiro atoms. The Hall–Kier alpha value is -1.16. The van der Waals surface area contributed by atoms with Crippen LogP contribution in [0.3, 0.4) is 0 Å². The molecule has 0 fully saturated rings. The molecule has 0 aliphatic rings. The molecule has 78 valence electrons. The minimum absolute atomic E-state index is 0.0692. The van der Waals surface area contributed by atoms with Gasteiger partial charge in [0.25, 0.3) is 0 Å². The minimum atomic E-state index is -0.526. The van der Waals surface area contributed by atoms with Crippen molar-refractivity contribution in [1.29, 1.82) is 0 Å². The van der Waals surface area contributed by atoms with Crippen molar-refractivity contribution in [2.24, 2.45) is 0 Å². The highest BCUT2D eigenvalue weighted by Gasteiger charge is 2.27.